The fourth-order valence-electron chi connectivity index (χ4n) is 0.764. The number of aliphatic hydroxyl groups is 1. The third-order valence-corrected chi connectivity index (χ3v) is 2.14. The normalized spacial score (nSPS) is 14.8. The highest BCUT2D eigenvalue weighted by Crippen LogP contribution is 2.36. The SMILES string of the molecule is CC(O)c1ncsc1C(F)(F)F. The number of rotatable bonds is 1. The lowest BCUT2D eigenvalue weighted by Crippen LogP contribution is -2.07. The van der Waals surface area contributed by atoms with E-state index < -0.39 is 17.2 Å². The molecule has 1 unspecified atom stereocenters. The second-order valence-corrected chi connectivity index (χ2v) is 3.10. The molecular formula is C6H6F3NOS. The van der Waals surface area contributed by atoms with Crippen molar-refractivity contribution in [2.75, 3.05) is 0 Å². The van der Waals surface area contributed by atoms with Gasteiger partial charge in [-0.15, -0.1) is 11.3 Å². The van der Waals surface area contributed by atoms with Crippen molar-refractivity contribution in [2.45, 2.75) is 19.2 Å². The van der Waals surface area contributed by atoms with Crippen LogP contribution in [0.1, 0.15) is 23.6 Å². The fourth-order valence-corrected chi connectivity index (χ4v) is 1.51. The van der Waals surface area contributed by atoms with E-state index in [0.717, 1.165) is 5.51 Å². The zero-order valence-corrected chi connectivity index (χ0v) is 6.91. The van der Waals surface area contributed by atoms with Crippen LogP contribution < -0.4 is 0 Å². The van der Waals surface area contributed by atoms with Crippen molar-refractivity contribution in [3.63, 3.8) is 0 Å². The first kappa shape index (κ1) is 9.47. The topological polar surface area (TPSA) is 33.1 Å². The maximum Gasteiger partial charge on any atom is 0.427 e. The Balaban J connectivity index is 3.08. The molecule has 0 fully saturated rings. The van der Waals surface area contributed by atoms with Crippen LogP contribution in [0.5, 0.6) is 0 Å². The molecule has 6 heteroatoms. The third kappa shape index (κ3) is 1.75. The molecule has 0 spiro atoms. The second-order valence-electron chi connectivity index (χ2n) is 2.24. The van der Waals surface area contributed by atoms with Gasteiger partial charge in [-0.25, -0.2) is 4.98 Å². The van der Waals surface area contributed by atoms with Gasteiger partial charge in [0.25, 0.3) is 0 Å². The second kappa shape index (κ2) is 3.02. The molecule has 1 heterocycles. The number of alkyl halides is 3. The maximum absolute atomic E-state index is 12.1. The molecule has 0 amide bonds. The van der Waals surface area contributed by atoms with Crippen molar-refractivity contribution in [2.24, 2.45) is 0 Å². The zero-order valence-electron chi connectivity index (χ0n) is 6.09. The molecule has 68 valence electrons. The van der Waals surface area contributed by atoms with Crippen LogP contribution >= 0.6 is 11.3 Å². The Morgan fingerprint density at radius 2 is 2.17 bits per heavy atom. The first-order valence-corrected chi connectivity index (χ1v) is 3.99. The van der Waals surface area contributed by atoms with Crippen LogP contribution in [0.2, 0.25) is 0 Å². The third-order valence-electron chi connectivity index (χ3n) is 1.25. The summed E-state index contributed by atoms with van der Waals surface area (Å²) in [4.78, 5) is 2.61. The molecule has 1 aromatic heterocycles. The van der Waals surface area contributed by atoms with Crippen LogP contribution in [0.3, 0.4) is 0 Å². The van der Waals surface area contributed by atoms with E-state index >= 15 is 0 Å². The Kier molecular flexibility index (Phi) is 2.39. The minimum atomic E-state index is -4.41. The van der Waals surface area contributed by atoms with Gasteiger partial charge in [0.1, 0.15) is 4.88 Å². The predicted molar refractivity (Wildman–Crippen MR) is 37.7 cm³/mol. The molecule has 0 saturated carbocycles. The number of aliphatic hydroxyl groups excluding tert-OH is 1. The summed E-state index contributed by atoms with van der Waals surface area (Å²) in [6, 6.07) is 0. The summed E-state index contributed by atoms with van der Waals surface area (Å²) >= 11 is 0.489. The lowest BCUT2D eigenvalue weighted by molar-refractivity contribution is -0.136. The zero-order chi connectivity index (χ0) is 9.35. The Bertz CT molecular complexity index is 268. The van der Waals surface area contributed by atoms with Gasteiger partial charge in [0.15, 0.2) is 0 Å². The van der Waals surface area contributed by atoms with Crippen molar-refractivity contribution in [3.8, 4) is 0 Å². The van der Waals surface area contributed by atoms with Crippen molar-refractivity contribution < 1.29 is 18.3 Å². The van der Waals surface area contributed by atoms with Crippen molar-refractivity contribution in [1.29, 1.82) is 0 Å². The van der Waals surface area contributed by atoms with E-state index in [1.165, 1.54) is 6.92 Å². The number of halogens is 3. The van der Waals surface area contributed by atoms with Crippen LogP contribution in [0.4, 0.5) is 13.2 Å². The molecule has 1 N–H and O–H groups in total. The molecule has 0 saturated heterocycles. The molecular weight excluding hydrogens is 191 g/mol. The molecule has 1 rings (SSSR count). The van der Waals surface area contributed by atoms with Gasteiger partial charge < -0.3 is 5.11 Å². The molecule has 12 heavy (non-hydrogen) atoms. The minimum absolute atomic E-state index is 0.299. The Morgan fingerprint density at radius 1 is 1.58 bits per heavy atom. The van der Waals surface area contributed by atoms with E-state index in [-0.39, 0.29) is 5.69 Å². The summed E-state index contributed by atoms with van der Waals surface area (Å²) in [5.41, 5.74) is 0.776. The minimum Gasteiger partial charge on any atom is -0.387 e. The molecule has 2 nitrogen and oxygen atoms in total. The van der Waals surface area contributed by atoms with Gasteiger partial charge in [-0.05, 0) is 6.92 Å². The van der Waals surface area contributed by atoms with E-state index in [1.54, 1.807) is 0 Å². The summed E-state index contributed by atoms with van der Waals surface area (Å²) in [7, 11) is 0. The Morgan fingerprint density at radius 3 is 2.50 bits per heavy atom. The van der Waals surface area contributed by atoms with Crippen LogP contribution in [-0.4, -0.2) is 10.1 Å². The van der Waals surface area contributed by atoms with Gasteiger partial charge in [0.05, 0.1) is 17.3 Å². The Labute approximate surface area is 70.7 Å². The Hall–Kier alpha value is -0.620. The summed E-state index contributed by atoms with van der Waals surface area (Å²) < 4.78 is 36.3. The van der Waals surface area contributed by atoms with Gasteiger partial charge in [-0.1, -0.05) is 0 Å². The van der Waals surface area contributed by atoms with E-state index in [9.17, 15) is 13.2 Å². The van der Waals surface area contributed by atoms with Crippen molar-refractivity contribution in [1.82, 2.24) is 4.98 Å². The summed E-state index contributed by atoms with van der Waals surface area (Å²) in [5.74, 6) is 0. The number of hydrogen-bond acceptors (Lipinski definition) is 3. The number of thiazole rings is 1. The molecule has 1 atom stereocenters. The molecule has 0 aliphatic carbocycles. The summed E-state index contributed by atoms with van der Waals surface area (Å²) in [5, 5.41) is 8.90. The largest absolute Gasteiger partial charge is 0.427 e. The molecule has 1 aromatic rings. The van der Waals surface area contributed by atoms with Crippen LogP contribution in [0.15, 0.2) is 5.51 Å². The van der Waals surface area contributed by atoms with Crippen LogP contribution in [0, 0.1) is 0 Å². The van der Waals surface area contributed by atoms with Gasteiger partial charge >= 0.3 is 6.18 Å². The highest BCUT2D eigenvalue weighted by molar-refractivity contribution is 7.09. The van der Waals surface area contributed by atoms with Gasteiger partial charge in [-0.3, -0.25) is 0 Å². The molecule has 0 radical (unpaired) electrons. The van der Waals surface area contributed by atoms with Gasteiger partial charge in [0, 0.05) is 0 Å². The van der Waals surface area contributed by atoms with Crippen LogP contribution in [-0.2, 0) is 6.18 Å². The average molecular weight is 197 g/mol. The molecule has 0 aliphatic rings. The van der Waals surface area contributed by atoms with E-state index in [2.05, 4.69) is 4.98 Å². The van der Waals surface area contributed by atoms with Crippen molar-refractivity contribution in [3.05, 3.63) is 16.1 Å². The maximum atomic E-state index is 12.1. The van der Waals surface area contributed by atoms with Gasteiger partial charge in [-0.2, -0.15) is 13.2 Å². The van der Waals surface area contributed by atoms with E-state index in [1.807, 2.05) is 0 Å². The van der Waals surface area contributed by atoms with Gasteiger partial charge in [0.2, 0.25) is 0 Å². The molecule has 0 aromatic carbocycles. The molecule has 0 aliphatic heterocycles. The van der Waals surface area contributed by atoms with E-state index in [4.69, 9.17) is 5.11 Å². The average Bonchev–Trinajstić information content (AvgIpc) is 2.30. The predicted octanol–water partition coefficient (Wildman–Crippen LogP) is 2.22. The number of aromatic nitrogens is 1. The lowest BCUT2D eigenvalue weighted by Gasteiger charge is -2.07. The number of hydrogen-bond donors (Lipinski definition) is 1. The monoisotopic (exact) mass is 197 g/mol. The highest BCUT2D eigenvalue weighted by atomic mass is 32.1. The van der Waals surface area contributed by atoms with Crippen molar-refractivity contribution >= 4 is 11.3 Å². The first-order chi connectivity index (χ1) is 5.43. The standard InChI is InChI=1S/C6H6F3NOS/c1-3(11)4-5(6(7,8)9)12-2-10-4/h2-3,11H,1H3. The smallest absolute Gasteiger partial charge is 0.387 e. The summed E-state index contributed by atoms with van der Waals surface area (Å²) in [6.07, 6.45) is -5.58. The van der Waals surface area contributed by atoms with E-state index in [0.29, 0.717) is 11.3 Å². The first-order valence-electron chi connectivity index (χ1n) is 3.11. The lowest BCUT2D eigenvalue weighted by atomic mass is 10.2. The highest BCUT2D eigenvalue weighted by Gasteiger charge is 2.36. The molecule has 0 bridgehead atoms. The quantitative estimate of drug-likeness (QED) is 0.748. The summed E-state index contributed by atoms with van der Waals surface area (Å²) in [6.45, 7) is 1.25. The van der Waals surface area contributed by atoms with Crippen LogP contribution in [0.25, 0.3) is 0 Å². The number of nitrogens with zero attached hydrogens (tertiary/aromatic N) is 1. The fraction of sp³-hybridized carbons (Fsp3) is 0.500.